The average Bonchev–Trinajstić information content (AvgIpc) is 2.46. The van der Waals surface area contributed by atoms with Gasteiger partial charge in [-0.3, -0.25) is 0 Å². The minimum atomic E-state index is -3.38. The maximum Gasteiger partial charge on any atom is 0.242 e. The van der Waals surface area contributed by atoms with Crippen molar-refractivity contribution in [2.75, 3.05) is 7.05 Å². The number of hydrogen-bond donors (Lipinski definition) is 2. The third kappa shape index (κ3) is 3.04. The summed E-state index contributed by atoms with van der Waals surface area (Å²) in [6.07, 6.45) is 0. The van der Waals surface area contributed by atoms with Crippen LogP contribution in [-0.4, -0.2) is 21.5 Å². The Kier molecular flexibility index (Phi) is 4.49. The van der Waals surface area contributed by atoms with Gasteiger partial charge < -0.3 is 5.32 Å². The highest BCUT2D eigenvalue weighted by molar-refractivity contribution is 7.89. The number of aryl methyl sites for hydroxylation is 1. The van der Waals surface area contributed by atoms with E-state index >= 15 is 0 Å². The molecular weight excluding hydrogens is 244 g/mol. The summed E-state index contributed by atoms with van der Waals surface area (Å²) in [5.41, 5.74) is 0.809. The number of sulfonamides is 1. The minimum absolute atomic E-state index is 0.0910. The van der Waals surface area contributed by atoms with Gasteiger partial charge in [-0.2, -0.15) is 0 Å². The van der Waals surface area contributed by atoms with Crippen molar-refractivity contribution in [3.8, 4) is 0 Å². The molecule has 0 aliphatic rings. The standard InChI is InChI=1S/C10H18N2O2S2/c1-7(2)12-16(13,14)10-8(3)6-15-9(10)5-11-4/h6-7,11-12H,5H2,1-4H3. The van der Waals surface area contributed by atoms with Gasteiger partial charge >= 0.3 is 0 Å². The predicted octanol–water partition coefficient (Wildman–Crippen LogP) is 1.46. The second-order valence-corrected chi connectivity index (χ2v) is 6.59. The molecule has 1 heterocycles. The SMILES string of the molecule is CNCc1scc(C)c1S(=O)(=O)NC(C)C. The van der Waals surface area contributed by atoms with E-state index in [9.17, 15) is 8.42 Å². The molecule has 92 valence electrons. The minimum Gasteiger partial charge on any atom is -0.315 e. The van der Waals surface area contributed by atoms with Gasteiger partial charge in [-0.05, 0) is 38.8 Å². The van der Waals surface area contributed by atoms with E-state index in [1.54, 1.807) is 7.05 Å². The van der Waals surface area contributed by atoms with Crippen LogP contribution in [0.1, 0.15) is 24.3 Å². The molecule has 1 rings (SSSR count). The average molecular weight is 262 g/mol. The first-order valence-corrected chi connectivity index (χ1v) is 7.48. The van der Waals surface area contributed by atoms with Crippen LogP contribution in [0.15, 0.2) is 10.3 Å². The van der Waals surface area contributed by atoms with Crippen LogP contribution in [0.5, 0.6) is 0 Å². The Bertz CT molecular complexity index is 449. The highest BCUT2D eigenvalue weighted by atomic mass is 32.2. The van der Waals surface area contributed by atoms with Crippen LogP contribution in [0, 0.1) is 6.92 Å². The van der Waals surface area contributed by atoms with Gasteiger partial charge in [-0.25, -0.2) is 13.1 Å². The topological polar surface area (TPSA) is 58.2 Å². The summed E-state index contributed by atoms with van der Waals surface area (Å²) in [6, 6.07) is -0.0910. The lowest BCUT2D eigenvalue weighted by Crippen LogP contribution is -2.31. The molecule has 1 aromatic rings. The van der Waals surface area contributed by atoms with Gasteiger partial charge in [0.25, 0.3) is 0 Å². The smallest absolute Gasteiger partial charge is 0.242 e. The van der Waals surface area contributed by atoms with Gasteiger partial charge in [-0.1, -0.05) is 0 Å². The zero-order chi connectivity index (χ0) is 12.3. The third-order valence-corrected chi connectivity index (χ3v) is 5.11. The monoisotopic (exact) mass is 262 g/mol. The maximum absolute atomic E-state index is 12.1. The molecule has 0 aliphatic heterocycles. The Morgan fingerprint density at radius 3 is 2.56 bits per heavy atom. The molecule has 16 heavy (non-hydrogen) atoms. The molecule has 0 saturated carbocycles. The van der Waals surface area contributed by atoms with E-state index < -0.39 is 10.0 Å². The van der Waals surface area contributed by atoms with Crippen LogP contribution in [0.3, 0.4) is 0 Å². The van der Waals surface area contributed by atoms with Gasteiger partial charge in [0.15, 0.2) is 0 Å². The second kappa shape index (κ2) is 5.27. The molecule has 0 saturated heterocycles. The van der Waals surface area contributed by atoms with E-state index in [-0.39, 0.29) is 6.04 Å². The zero-order valence-electron chi connectivity index (χ0n) is 9.99. The molecule has 0 fully saturated rings. The maximum atomic E-state index is 12.1. The summed E-state index contributed by atoms with van der Waals surface area (Å²) in [4.78, 5) is 1.29. The summed E-state index contributed by atoms with van der Waals surface area (Å²) in [7, 11) is -1.57. The van der Waals surface area contributed by atoms with Crippen LogP contribution in [-0.2, 0) is 16.6 Å². The first kappa shape index (κ1) is 13.6. The van der Waals surface area contributed by atoms with E-state index in [0.717, 1.165) is 10.4 Å². The normalized spacial score (nSPS) is 12.3. The summed E-state index contributed by atoms with van der Waals surface area (Å²) in [6.45, 7) is 6.03. The quantitative estimate of drug-likeness (QED) is 0.844. The van der Waals surface area contributed by atoms with Gasteiger partial charge in [0, 0.05) is 17.5 Å². The van der Waals surface area contributed by atoms with Crippen molar-refractivity contribution in [1.29, 1.82) is 0 Å². The molecule has 0 atom stereocenters. The van der Waals surface area contributed by atoms with Crippen molar-refractivity contribution in [3.63, 3.8) is 0 Å². The Labute approximate surface area is 101 Å². The van der Waals surface area contributed by atoms with Crippen molar-refractivity contribution >= 4 is 21.4 Å². The molecule has 6 heteroatoms. The highest BCUT2D eigenvalue weighted by Gasteiger charge is 2.23. The molecule has 0 radical (unpaired) electrons. The molecule has 2 N–H and O–H groups in total. The Hall–Kier alpha value is -0.430. The Balaban J connectivity index is 3.15. The van der Waals surface area contributed by atoms with E-state index in [1.807, 2.05) is 26.2 Å². The molecular formula is C10H18N2O2S2. The van der Waals surface area contributed by atoms with Crippen molar-refractivity contribution in [2.24, 2.45) is 0 Å². The highest BCUT2D eigenvalue weighted by Crippen LogP contribution is 2.26. The Morgan fingerprint density at radius 2 is 2.06 bits per heavy atom. The van der Waals surface area contributed by atoms with Crippen LogP contribution in [0.2, 0.25) is 0 Å². The first-order chi connectivity index (χ1) is 7.38. The fourth-order valence-electron chi connectivity index (χ4n) is 1.50. The van der Waals surface area contributed by atoms with Crippen molar-refractivity contribution < 1.29 is 8.42 Å². The third-order valence-electron chi connectivity index (χ3n) is 1.99. The molecule has 0 amide bonds. The van der Waals surface area contributed by atoms with E-state index in [0.29, 0.717) is 11.4 Å². The molecule has 4 nitrogen and oxygen atoms in total. The van der Waals surface area contributed by atoms with Crippen molar-refractivity contribution in [2.45, 2.75) is 38.3 Å². The summed E-state index contributed by atoms with van der Waals surface area (Å²) < 4.78 is 26.8. The van der Waals surface area contributed by atoms with Crippen molar-refractivity contribution in [1.82, 2.24) is 10.0 Å². The van der Waals surface area contributed by atoms with E-state index in [2.05, 4.69) is 10.0 Å². The Morgan fingerprint density at radius 1 is 1.44 bits per heavy atom. The number of hydrogen-bond acceptors (Lipinski definition) is 4. The lowest BCUT2D eigenvalue weighted by Gasteiger charge is -2.11. The molecule has 0 bridgehead atoms. The number of thiophene rings is 1. The fraction of sp³-hybridized carbons (Fsp3) is 0.600. The molecule has 0 aromatic carbocycles. The van der Waals surface area contributed by atoms with E-state index in [1.165, 1.54) is 11.3 Å². The van der Waals surface area contributed by atoms with Gasteiger partial charge in [-0.15, -0.1) is 11.3 Å². The number of rotatable bonds is 5. The van der Waals surface area contributed by atoms with Crippen molar-refractivity contribution in [3.05, 3.63) is 15.8 Å². The molecule has 1 aromatic heterocycles. The van der Waals surface area contributed by atoms with Crippen LogP contribution in [0.4, 0.5) is 0 Å². The molecule has 0 spiro atoms. The van der Waals surface area contributed by atoms with Gasteiger partial charge in [0.05, 0.1) is 0 Å². The lowest BCUT2D eigenvalue weighted by atomic mass is 10.3. The van der Waals surface area contributed by atoms with Crippen LogP contribution >= 0.6 is 11.3 Å². The summed E-state index contributed by atoms with van der Waals surface area (Å²) in [5, 5.41) is 4.86. The lowest BCUT2D eigenvalue weighted by molar-refractivity contribution is 0.568. The fourth-order valence-corrected chi connectivity index (χ4v) is 4.57. The second-order valence-electron chi connectivity index (χ2n) is 3.98. The summed E-state index contributed by atoms with van der Waals surface area (Å²) >= 11 is 1.47. The zero-order valence-corrected chi connectivity index (χ0v) is 11.6. The van der Waals surface area contributed by atoms with Crippen LogP contribution in [0.25, 0.3) is 0 Å². The number of nitrogens with one attached hydrogen (secondary N) is 2. The first-order valence-electron chi connectivity index (χ1n) is 5.12. The molecule has 0 unspecified atom stereocenters. The largest absolute Gasteiger partial charge is 0.315 e. The van der Waals surface area contributed by atoms with Gasteiger partial charge in [0.2, 0.25) is 10.0 Å². The predicted molar refractivity (Wildman–Crippen MR) is 67.3 cm³/mol. The molecule has 0 aliphatic carbocycles. The summed E-state index contributed by atoms with van der Waals surface area (Å²) in [5.74, 6) is 0. The van der Waals surface area contributed by atoms with Gasteiger partial charge in [0.1, 0.15) is 4.90 Å². The van der Waals surface area contributed by atoms with E-state index in [4.69, 9.17) is 0 Å². The van der Waals surface area contributed by atoms with Crippen LogP contribution < -0.4 is 10.0 Å².